The largest absolute Gasteiger partial charge is 0.462 e. The summed E-state index contributed by atoms with van der Waals surface area (Å²) in [6.07, 6.45) is 2.11. The van der Waals surface area contributed by atoms with Crippen molar-refractivity contribution >= 4 is 23.5 Å². The summed E-state index contributed by atoms with van der Waals surface area (Å²) in [4.78, 5) is 21.9. The Kier molecular flexibility index (Phi) is 2.70. The Morgan fingerprint density at radius 1 is 1.55 bits per heavy atom. The van der Waals surface area contributed by atoms with Crippen LogP contribution in [0.1, 0.15) is 6.42 Å². The molecule has 1 rings (SSSR count). The molecule has 1 fully saturated rings. The predicted molar refractivity (Wildman–Crippen MR) is 42.2 cm³/mol. The summed E-state index contributed by atoms with van der Waals surface area (Å²) in [5.41, 5.74) is 0.184. The van der Waals surface area contributed by atoms with E-state index < -0.39 is 5.97 Å². The fourth-order valence-corrected chi connectivity index (χ4v) is 1.26. The molecule has 0 spiro atoms. The van der Waals surface area contributed by atoms with E-state index >= 15 is 0 Å². The second kappa shape index (κ2) is 3.57. The molecule has 11 heavy (non-hydrogen) atoms. The molecule has 1 aliphatic heterocycles. The molecule has 3 nitrogen and oxygen atoms in total. The maximum atomic E-state index is 11.0. The number of cyclic esters (lactones) is 1. The van der Waals surface area contributed by atoms with Crippen molar-refractivity contribution in [1.82, 2.24) is 0 Å². The van der Waals surface area contributed by atoms with Gasteiger partial charge in [0.05, 0.1) is 6.61 Å². The van der Waals surface area contributed by atoms with E-state index in [1.807, 2.05) is 0 Å². The van der Waals surface area contributed by atoms with Gasteiger partial charge in [-0.05, 0) is 11.7 Å². The number of hydrogen-bond donors (Lipinski definition) is 0. The zero-order valence-electron chi connectivity index (χ0n) is 6.12. The molecule has 0 aliphatic carbocycles. The molecule has 1 aliphatic rings. The molecule has 0 amide bonds. The summed E-state index contributed by atoms with van der Waals surface area (Å²) in [7, 11) is 0. The smallest absolute Gasteiger partial charge is 0.342 e. The van der Waals surface area contributed by atoms with Crippen molar-refractivity contribution in [3.8, 4) is 0 Å². The number of hydrogen-bond acceptors (Lipinski definition) is 4. The highest BCUT2D eigenvalue weighted by Gasteiger charge is 2.23. The average molecular weight is 172 g/mol. The molecule has 1 heterocycles. The summed E-state index contributed by atoms with van der Waals surface area (Å²) >= 11 is 1.33. The van der Waals surface area contributed by atoms with Crippen LogP contribution in [0.4, 0.5) is 0 Å². The van der Waals surface area contributed by atoms with Crippen LogP contribution in [0.2, 0.25) is 0 Å². The summed E-state index contributed by atoms with van der Waals surface area (Å²) in [5, 5.41) is 1.53. The van der Waals surface area contributed by atoms with Gasteiger partial charge < -0.3 is 4.74 Å². The van der Waals surface area contributed by atoms with Gasteiger partial charge in [-0.25, -0.2) is 4.79 Å². The minimum absolute atomic E-state index is 0.115. The Morgan fingerprint density at radius 3 is 2.82 bits per heavy atom. The van der Waals surface area contributed by atoms with Crippen molar-refractivity contribution < 1.29 is 14.3 Å². The highest BCUT2D eigenvalue weighted by molar-refractivity contribution is 8.01. The van der Waals surface area contributed by atoms with Gasteiger partial charge in [0.1, 0.15) is 5.57 Å². The van der Waals surface area contributed by atoms with Gasteiger partial charge in [0.2, 0.25) is 0 Å². The minimum atomic E-state index is -0.490. The summed E-state index contributed by atoms with van der Waals surface area (Å²) in [5.74, 6) is -0.605. The molecule has 0 unspecified atom stereocenters. The SMILES string of the molecule is CSC=C1C(=O)CCOC1=O. The maximum absolute atomic E-state index is 11.0. The summed E-state index contributed by atoms with van der Waals surface area (Å²) < 4.78 is 4.67. The third kappa shape index (κ3) is 1.83. The topological polar surface area (TPSA) is 43.4 Å². The van der Waals surface area contributed by atoms with Crippen LogP contribution in [0.3, 0.4) is 0 Å². The monoisotopic (exact) mass is 172 g/mol. The van der Waals surface area contributed by atoms with Gasteiger partial charge in [0.15, 0.2) is 5.78 Å². The van der Waals surface area contributed by atoms with Crippen molar-refractivity contribution in [3.63, 3.8) is 0 Å². The van der Waals surface area contributed by atoms with Crippen molar-refractivity contribution in [2.24, 2.45) is 0 Å². The van der Waals surface area contributed by atoms with Crippen LogP contribution < -0.4 is 0 Å². The van der Waals surface area contributed by atoms with Crippen molar-refractivity contribution in [2.45, 2.75) is 6.42 Å². The van der Waals surface area contributed by atoms with Gasteiger partial charge in [-0.3, -0.25) is 4.79 Å². The van der Waals surface area contributed by atoms with E-state index in [0.29, 0.717) is 6.42 Å². The number of rotatable bonds is 1. The first-order valence-corrected chi connectivity index (χ1v) is 4.48. The number of carbonyl (C=O) groups excluding carboxylic acids is 2. The average Bonchev–Trinajstić information content (AvgIpc) is 1.97. The van der Waals surface area contributed by atoms with Crippen LogP contribution in [0.5, 0.6) is 0 Å². The fourth-order valence-electron chi connectivity index (χ4n) is 0.794. The van der Waals surface area contributed by atoms with E-state index in [1.165, 1.54) is 17.2 Å². The lowest BCUT2D eigenvalue weighted by Crippen LogP contribution is -2.23. The van der Waals surface area contributed by atoms with E-state index in [4.69, 9.17) is 0 Å². The van der Waals surface area contributed by atoms with E-state index in [1.54, 1.807) is 6.26 Å². The Balaban J connectivity index is 2.79. The Hall–Kier alpha value is -0.770. The first-order valence-electron chi connectivity index (χ1n) is 3.19. The summed E-state index contributed by atoms with van der Waals surface area (Å²) in [6, 6.07) is 0. The molecule has 1 saturated heterocycles. The number of thioether (sulfide) groups is 1. The fraction of sp³-hybridized carbons (Fsp3) is 0.429. The van der Waals surface area contributed by atoms with Gasteiger partial charge in [0.25, 0.3) is 0 Å². The lowest BCUT2D eigenvalue weighted by Gasteiger charge is -2.11. The van der Waals surface area contributed by atoms with Gasteiger partial charge >= 0.3 is 5.97 Å². The molecule has 0 bridgehead atoms. The molecule has 0 atom stereocenters. The van der Waals surface area contributed by atoms with Crippen LogP contribution in [-0.4, -0.2) is 24.6 Å². The second-order valence-corrected chi connectivity index (χ2v) is 2.78. The predicted octanol–water partition coefficient (Wildman–Crippen LogP) is 0.749. The molecule has 0 aromatic carbocycles. The van der Waals surface area contributed by atoms with Crippen molar-refractivity contribution in [3.05, 3.63) is 11.0 Å². The van der Waals surface area contributed by atoms with E-state index in [9.17, 15) is 9.59 Å². The van der Waals surface area contributed by atoms with E-state index in [0.717, 1.165) is 0 Å². The van der Waals surface area contributed by atoms with Crippen LogP contribution in [-0.2, 0) is 14.3 Å². The first-order chi connectivity index (χ1) is 5.25. The molecule has 0 aromatic rings. The molecule has 0 aromatic heterocycles. The minimum Gasteiger partial charge on any atom is -0.462 e. The highest BCUT2D eigenvalue weighted by atomic mass is 32.2. The normalized spacial score (nSPS) is 22.1. The molecular formula is C7H8O3S. The molecule has 60 valence electrons. The van der Waals surface area contributed by atoms with Crippen molar-refractivity contribution in [2.75, 3.05) is 12.9 Å². The number of ether oxygens (including phenoxy) is 1. The zero-order valence-corrected chi connectivity index (χ0v) is 6.94. The Labute approximate surface area is 68.8 Å². The Morgan fingerprint density at radius 2 is 2.27 bits per heavy atom. The second-order valence-electron chi connectivity index (χ2n) is 2.08. The van der Waals surface area contributed by atoms with Crippen molar-refractivity contribution in [1.29, 1.82) is 0 Å². The van der Waals surface area contributed by atoms with Crippen LogP contribution in [0.25, 0.3) is 0 Å². The van der Waals surface area contributed by atoms with Gasteiger partial charge in [-0.2, -0.15) is 0 Å². The number of carbonyl (C=O) groups is 2. The lowest BCUT2D eigenvalue weighted by molar-refractivity contribution is -0.144. The van der Waals surface area contributed by atoms with Crippen LogP contribution in [0.15, 0.2) is 11.0 Å². The summed E-state index contributed by atoms with van der Waals surface area (Å²) in [6.45, 7) is 0.226. The van der Waals surface area contributed by atoms with Crippen LogP contribution in [0, 0.1) is 0 Å². The lowest BCUT2D eigenvalue weighted by atomic mass is 10.1. The van der Waals surface area contributed by atoms with Gasteiger partial charge in [0, 0.05) is 6.42 Å². The van der Waals surface area contributed by atoms with Crippen LogP contribution >= 0.6 is 11.8 Å². The maximum Gasteiger partial charge on any atom is 0.342 e. The molecule has 0 N–H and O–H groups in total. The van der Waals surface area contributed by atoms with E-state index in [2.05, 4.69) is 4.74 Å². The first kappa shape index (κ1) is 8.33. The number of Topliss-reactive ketones (excluding diaryl/α,β-unsaturated/α-hetero) is 1. The van der Waals surface area contributed by atoms with Gasteiger partial charge in [-0.15, -0.1) is 11.8 Å². The molecule has 4 heteroatoms. The third-order valence-corrected chi connectivity index (χ3v) is 1.79. The number of esters is 1. The zero-order chi connectivity index (χ0) is 8.27. The van der Waals surface area contributed by atoms with Gasteiger partial charge in [-0.1, -0.05) is 0 Å². The highest BCUT2D eigenvalue weighted by Crippen LogP contribution is 2.13. The quantitative estimate of drug-likeness (QED) is 0.332. The Bertz CT molecular complexity index is 202. The standard InChI is InChI=1S/C7H8O3S/c1-11-4-5-6(8)2-3-10-7(5)9/h4H,2-3H2,1H3. The number of ketones is 1. The molecule has 0 radical (unpaired) electrons. The van der Waals surface area contributed by atoms with E-state index in [-0.39, 0.29) is 18.0 Å². The third-order valence-electron chi connectivity index (χ3n) is 1.32. The molecule has 0 saturated carbocycles. The molecular weight excluding hydrogens is 164 g/mol.